The highest BCUT2D eigenvalue weighted by Crippen LogP contribution is 2.70. The zero-order valence-electron chi connectivity index (χ0n) is 9.61. The number of fused-ring (bicyclic) bond motifs is 1. The van der Waals surface area contributed by atoms with E-state index in [2.05, 4.69) is 31.9 Å². The third-order valence-electron chi connectivity index (χ3n) is 4.19. The van der Waals surface area contributed by atoms with E-state index in [0.717, 1.165) is 39.8 Å². The van der Waals surface area contributed by atoms with E-state index in [-0.39, 0.29) is 17.1 Å². The summed E-state index contributed by atoms with van der Waals surface area (Å²) >= 11 is 6.71. The number of phenols is 1. The first-order valence-electron chi connectivity index (χ1n) is 5.86. The fourth-order valence-corrected chi connectivity index (χ4v) is 4.09. The van der Waals surface area contributed by atoms with E-state index in [4.69, 9.17) is 4.74 Å². The van der Waals surface area contributed by atoms with Crippen LogP contribution in [-0.2, 0) is 10.2 Å². The van der Waals surface area contributed by atoms with Crippen LogP contribution in [0.25, 0.3) is 0 Å². The van der Waals surface area contributed by atoms with Crippen LogP contribution < -0.4 is 4.74 Å². The molecule has 1 N–H and O–H groups in total. The monoisotopic (exact) mass is 382 g/mol. The van der Waals surface area contributed by atoms with Crippen LogP contribution in [0.4, 0.5) is 0 Å². The highest BCUT2D eigenvalue weighted by atomic mass is 79.9. The van der Waals surface area contributed by atoms with Crippen molar-refractivity contribution in [2.45, 2.75) is 11.8 Å². The molecule has 2 aliphatic carbocycles. The molecule has 0 amide bonds. The molecule has 4 rings (SSSR count). The molecule has 5 heteroatoms. The van der Waals surface area contributed by atoms with Gasteiger partial charge in [-0.3, -0.25) is 4.79 Å². The van der Waals surface area contributed by atoms with Crippen molar-refractivity contribution in [3.05, 3.63) is 44.1 Å². The number of hydrogen-bond acceptors (Lipinski definition) is 3. The van der Waals surface area contributed by atoms with Crippen LogP contribution in [-0.4, -0.2) is 11.4 Å². The topological polar surface area (TPSA) is 46.5 Å². The Morgan fingerprint density at radius 1 is 1.42 bits per heavy atom. The van der Waals surface area contributed by atoms with Crippen molar-refractivity contribution in [1.82, 2.24) is 0 Å². The molecular weight excluding hydrogens is 376 g/mol. The molecule has 1 fully saturated rings. The highest BCUT2D eigenvalue weighted by molar-refractivity contribution is 9.12. The van der Waals surface area contributed by atoms with Gasteiger partial charge in [-0.1, -0.05) is 15.9 Å². The number of aldehydes is 1. The Labute approximate surface area is 126 Å². The first-order valence-corrected chi connectivity index (χ1v) is 7.44. The maximum absolute atomic E-state index is 11.2. The lowest BCUT2D eigenvalue weighted by Gasteiger charge is -2.16. The average Bonchev–Trinajstić information content (AvgIpc) is 3.03. The molecule has 0 aromatic heterocycles. The molecule has 1 saturated carbocycles. The number of hydrogen-bond donors (Lipinski definition) is 1. The molecule has 1 spiro atoms. The van der Waals surface area contributed by atoms with E-state index in [1.54, 1.807) is 12.1 Å². The van der Waals surface area contributed by atoms with Crippen LogP contribution in [0.2, 0.25) is 0 Å². The molecule has 2 unspecified atom stereocenters. The standard InChI is InChI=1S/C14H8Br2O3/c15-9-3-13-14(4-8(14)6(9)5-17)7-1-11(18)10(16)2-12(7)19-13/h1-3,5,8,18H,4H2. The first kappa shape index (κ1) is 11.7. The predicted molar refractivity (Wildman–Crippen MR) is 76.3 cm³/mol. The summed E-state index contributed by atoms with van der Waals surface area (Å²) in [7, 11) is 0. The maximum Gasteiger partial charge on any atom is 0.147 e. The van der Waals surface area contributed by atoms with Gasteiger partial charge >= 0.3 is 0 Å². The molecule has 0 radical (unpaired) electrons. The van der Waals surface area contributed by atoms with Gasteiger partial charge in [0.15, 0.2) is 0 Å². The third-order valence-corrected chi connectivity index (χ3v) is 5.51. The minimum Gasteiger partial charge on any atom is -0.507 e. The van der Waals surface area contributed by atoms with Crippen molar-refractivity contribution >= 4 is 38.1 Å². The van der Waals surface area contributed by atoms with Gasteiger partial charge < -0.3 is 9.84 Å². The Balaban J connectivity index is 1.94. The lowest BCUT2D eigenvalue weighted by molar-refractivity contribution is -0.105. The number of carbonyl (C=O) groups is 1. The second-order valence-electron chi connectivity index (χ2n) is 5.06. The number of carbonyl (C=O) groups excluding carboxylic acids is 1. The van der Waals surface area contributed by atoms with Gasteiger partial charge in [-0.05, 0) is 40.6 Å². The number of aromatic hydroxyl groups is 1. The smallest absolute Gasteiger partial charge is 0.147 e. The van der Waals surface area contributed by atoms with E-state index in [0.29, 0.717) is 4.47 Å². The Bertz CT molecular complexity index is 705. The second-order valence-corrected chi connectivity index (χ2v) is 6.77. The predicted octanol–water partition coefficient (Wildman–Crippen LogP) is 3.55. The van der Waals surface area contributed by atoms with Gasteiger partial charge in [0, 0.05) is 21.5 Å². The lowest BCUT2D eigenvalue weighted by Crippen LogP contribution is -2.15. The molecule has 1 aromatic rings. The van der Waals surface area contributed by atoms with Crippen molar-refractivity contribution in [3.63, 3.8) is 0 Å². The zero-order chi connectivity index (χ0) is 13.4. The van der Waals surface area contributed by atoms with Crippen LogP contribution in [0.3, 0.4) is 0 Å². The van der Waals surface area contributed by atoms with Crippen LogP contribution >= 0.6 is 31.9 Å². The summed E-state index contributed by atoms with van der Waals surface area (Å²) in [6, 6.07) is 3.52. The quantitative estimate of drug-likeness (QED) is 0.754. The minimum atomic E-state index is -0.235. The van der Waals surface area contributed by atoms with Gasteiger partial charge in [0.05, 0.1) is 9.89 Å². The first-order chi connectivity index (χ1) is 9.07. The Morgan fingerprint density at radius 3 is 2.95 bits per heavy atom. The fourth-order valence-electron chi connectivity index (χ4n) is 3.19. The van der Waals surface area contributed by atoms with E-state index in [1.165, 1.54) is 0 Å². The summed E-state index contributed by atoms with van der Waals surface area (Å²) in [4.78, 5) is 11.2. The average molecular weight is 384 g/mol. The van der Waals surface area contributed by atoms with E-state index in [9.17, 15) is 9.90 Å². The van der Waals surface area contributed by atoms with Crippen molar-refractivity contribution in [2.24, 2.45) is 5.92 Å². The largest absolute Gasteiger partial charge is 0.507 e. The summed E-state index contributed by atoms with van der Waals surface area (Å²) in [6.07, 6.45) is 3.64. The maximum atomic E-state index is 11.2. The molecule has 1 aliphatic heterocycles. The van der Waals surface area contributed by atoms with Gasteiger partial charge in [0.25, 0.3) is 0 Å². The number of allylic oxidation sites excluding steroid dienone is 4. The summed E-state index contributed by atoms with van der Waals surface area (Å²) in [5.41, 5.74) is 1.52. The summed E-state index contributed by atoms with van der Waals surface area (Å²) in [6.45, 7) is 0. The minimum absolute atomic E-state index is 0.154. The van der Waals surface area contributed by atoms with Crippen LogP contribution in [0.15, 0.2) is 38.5 Å². The molecule has 0 bridgehead atoms. The van der Waals surface area contributed by atoms with Crippen molar-refractivity contribution < 1.29 is 14.6 Å². The number of ether oxygens (including phenoxy) is 1. The number of phenolic OH excluding ortho intramolecular Hbond substituents is 1. The molecule has 96 valence electrons. The highest BCUT2D eigenvalue weighted by Gasteiger charge is 2.66. The fraction of sp³-hybridized carbons (Fsp3) is 0.214. The molecule has 0 saturated heterocycles. The van der Waals surface area contributed by atoms with Gasteiger partial charge in [-0.2, -0.15) is 0 Å². The molecule has 3 nitrogen and oxygen atoms in total. The van der Waals surface area contributed by atoms with Crippen LogP contribution in [0, 0.1) is 5.92 Å². The SMILES string of the molecule is O=CC1=C(Br)C=C2Oc3cc(Br)c(O)cc3C23CC13. The van der Waals surface area contributed by atoms with Gasteiger partial charge in [-0.15, -0.1) is 0 Å². The second kappa shape index (κ2) is 3.52. The number of halogens is 2. The molecular formula is C14H8Br2O3. The normalized spacial score (nSPS) is 30.0. The lowest BCUT2D eigenvalue weighted by atomic mass is 9.87. The van der Waals surface area contributed by atoms with E-state index >= 15 is 0 Å². The van der Waals surface area contributed by atoms with Crippen molar-refractivity contribution in [3.8, 4) is 11.5 Å². The van der Waals surface area contributed by atoms with E-state index < -0.39 is 0 Å². The summed E-state index contributed by atoms with van der Waals surface area (Å²) in [5.74, 6) is 1.97. The number of benzene rings is 1. The van der Waals surface area contributed by atoms with Gasteiger partial charge in [0.1, 0.15) is 23.5 Å². The Morgan fingerprint density at radius 2 is 2.21 bits per heavy atom. The summed E-state index contributed by atoms with van der Waals surface area (Å²) < 4.78 is 7.31. The Hall–Kier alpha value is -1.07. The van der Waals surface area contributed by atoms with Crippen LogP contribution in [0.1, 0.15) is 12.0 Å². The van der Waals surface area contributed by atoms with E-state index in [1.807, 2.05) is 6.08 Å². The molecule has 1 heterocycles. The summed E-state index contributed by atoms with van der Waals surface area (Å²) in [5, 5.41) is 9.87. The van der Waals surface area contributed by atoms with Gasteiger partial charge in [0.2, 0.25) is 0 Å². The third kappa shape index (κ3) is 1.30. The van der Waals surface area contributed by atoms with Crippen LogP contribution in [0.5, 0.6) is 11.5 Å². The molecule has 1 aromatic carbocycles. The molecule has 19 heavy (non-hydrogen) atoms. The van der Waals surface area contributed by atoms with Gasteiger partial charge in [-0.25, -0.2) is 0 Å². The Kier molecular flexibility index (Phi) is 2.17. The molecule has 2 atom stereocenters. The van der Waals surface area contributed by atoms with Crippen molar-refractivity contribution in [2.75, 3.05) is 0 Å². The van der Waals surface area contributed by atoms with Crippen molar-refractivity contribution in [1.29, 1.82) is 0 Å². The zero-order valence-corrected chi connectivity index (χ0v) is 12.8. The number of rotatable bonds is 1. The molecule has 3 aliphatic rings.